The third-order valence-corrected chi connectivity index (χ3v) is 10.8. The maximum atomic E-state index is 10.4. The van der Waals surface area contributed by atoms with Crippen molar-refractivity contribution >= 4 is 74.9 Å². The predicted molar refractivity (Wildman–Crippen MR) is 254 cm³/mol. The highest BCUT2D eigenvalue weighted by molar-refractivity contribution is 6.03. The zero-order valence-corrected chi connectivity index (χ0v) is 34.3. The van der Waals surface area contributed by atoms with Gasteiger partial charge in [-0.3, -0.25) is 0 Å². The van der Waals surface area contributed by atoms with Crippen molar-refractivity contribution in [2.75, 3.05) is 9.80 Å². The molecule has 0 bridgehead atoms. The van der Waals surface area contributed by atoms with E-state index in [4.69, 9.17) is 6.57 Å². The van der Waals surface area contributed by atoms with E-state index in [1.54, 1.807) is 0 Å². The maximum absolute atomic E-state index is 10.4. The van der Waals surface area contributed by atoms with Gasteiger partial charge in [0.25, 0.3) is 0 Å². The summed E-state index contributed by atoms with van der Waals surface area (Å²) in [5.74, 6) is 0. The lowest BCUT2D eigenvalue weighted by molar-refractivity contribution is 1.27. The first-order chi connectivity index (χ1) is 29.3. The third-order valence-electron chi connectivity index (χ3n) is 10.8. The van der Waals surface area contributed by atoms with Gasteiger partial charge in [0.15, 0.2) is 0 Å². The molecule has 0 aromatic heterocycles. The molecule has 8 aromatic rings. The summed E-state index contributed by atoms with van der Waals surface area (Å²) >= 11 is 0. The van der Waals surface area contributed by atoms with Crippen LogP contribution in [0.15, 0.2) is 170 Å². The van der Waals surface area contributed by atoms with Crippen LogP contribution in [-0.4, -0.2) is 0 Å². The summed E-state index contributed by atoms with van der Waals surface area (Å²) in [6.45, 7) is 16.5. The van der Waals surface area contributed by atoms with Gasteiger partial charge in [0.05, 0.1) is 12.1 Å². The van der Waals surface area contributed by atoms with E-state index in [9.17, 15) is 5.26 Å². The average molecular weight is 773 g/mol. The van der Waals surface area contributed by atoms with Crippen molar-refractivity contribution in [3.63, 3.8) is 0 Å². The maximum Gasteiger partial charge on any atom is 0.202 e. The molecule has 4 nitrogen and oxygen atoms in total. The van der Waals surface area contributed by atoms with E-state index in [1.165, 1.54) is 22.3 Å². The molecule has 0 atom stereocenters. The van der Waals surface area contributed by atoms with Crippen LogP contribution in [0.2, 0.25) is 0 Å². The predicted octanol–water partition coefficient (Wildman–Crippen LogP) is 15.8. The SMILES string of the molecule is [C-]#[N+]c1c(/C=C/c2ccc(N(c3ccc(C)cc3)c3ccc(C)cc3)cc2)ccc2c(C#N)c(/C=C/c3ccc(N(c4ccc(C)cc4)c4ccc(C)cc4)cc3)ccc12. The smallest absolute Gasteiger partial charge is 0.202 e. The van der Waals surface area contributed by atoms with Crippen molar-refractivity contribution < 1.29 is 0 Å². The molecule has 0 unspecified atom stereocenters. The van der Waals surface area contributed by atoms with Gasteiger partial charge in [-0.2, -0.15) is 5.26 Å². The molecule has 0 spiro atoms. The summed E-state index contributed by atoms with van der Waals surface area (Å²) < 4.78 is 0. The quantitative estimate of drug-likeness (QED) is 0.103. The lowest BCUT2D eigenvalue weighted by Crippen LogP contribution is -2.09. The average Bonchev–Trinajstić information content (AvgIpc) is 3.28. The van der Waals surface area contributed by atoms with Crippen LogP contribution in [0.4, 0.5) is 39.8 Å². The van der Waals surface area contributed by atoms with Crippen LogP contribution >= 0.6 is 0 Å². The van der Waals surface area contributed by atoms with E-state index in [2.05, 4.69) is 194 Å². The molecule has 0 aliphatic carbocycles. The van der Waals surface area contributed by atoms with Gasteiger partial charge >= 0.3 is 0 Å². The molecule has 4 heteroatoms. The van der Waals surface area contributed by atoms with E-state index < -0.39 is 0 Å². The van der Waals surface area contributed by atoms with Crippen LogP contribution in [0, 0.1) is 45.6 Å². The number of benzene rings is 8. The van der Waals surface area contributed by atoms with E-state index in [0.29, 0.717) is 11.3 Å². The molecule has 0 amide bonds. The Balaban J connectivity index is 1.03. The zero-order valence-electron chi connectivity index (χ0n) is 34.3. The van der Waals surface area contributed by atoms with Gasteiger partial charge < -0.3 is 9.80 Å². The molecule has 0 fully saturated rings. The Morgan fingerprint density at radius 1 is 0.400 bits per heavy atom. The standard InChI is InChI=1S/C56H44N4/c1-39-6-24-47(25-7-39)59(48-26-8-40(2)9-27-48)51-32-16-43(17-33-51)14-20-45-22-37-54-53(55(45)38-57)36-23-46(56(54)58-5)21-15-44-18-34-52(35-19-44)60(49-28-10-41(3)11-29-49)50-30-12-42(4)13-31-50/h6-37H,1-4H3/b20-14+,21-15+. The second-order valence-corrected chi connectivity index (χ2v) is 15.2. The minimum atomic E-state index is 0.527. The summed E-state index contributed by atoms with van der Waals surface area (Å²) in [6, 6.07) is 61.4. The molecule has 0 N–H and O–H groups in total. The van der Waals surface area contributed by atoms with E-state index in [1.807, 2.05) is 48.6 Å². The molecule has 0 radical (unpaired) electrons. The lowest BCUT2D eigenvalue weighted by Gasteiger charge is -2.26. The molecule has 60 heavy (non-hydrogen) atoms. The van der Waals surface area contributed by atoms with Crippen molar-refractivity contribution in [3.05, 3.63) is 231 Å². The fourth-order valence-corrected chi connectivity index (χ4v) is 7.46. The number of hydrogen-bond donors (Lipinski definition) is 0. The van der Waals surface area contributed by atoms with Crippen molar-refractivity contribution in [1.82, 2.24) is 0 Å². The van der Waals surface area contributed by atoms with Gasteiger partial charge in [-0.15, -0.1) is 0 Å². The highest BCUT2D eigenvalue weighted by Crippen LogP contribution is 2.38. The number of aryl methyl sites for hydroxylation is 4. The number of rotatable bonds is 10. The van der Waals surface area contributed by atoms with Crippen LogP contribution in [-0.2, 0) is 0 Å². The van der Waals surface area contributed by atoms with Crippen molar-refractivity contribution in [2.24, 2.45) is 0 Å². The lowest BCUT2D eigenvalue weighted by atomic mass is 9.95. The number of anilines is 6. The fourth-order valence-electron chi connectivity index (χ4n) is 7.46. The van der Waals surface area contributed by atoms with Crippen LogP contribution < -0.4 is 9.80 Å². The van der Waals surface area contributed by atoms with E-state index in [-0.39, 0.29) is 0 Å². The van der Waals surface area contributed by atoms with Gasteiger partial charge in [-0.05, 0) is 134 Å². The van der Waals surface area contributed by atoms with Gasteiger partial charge in [-0.1, -0.05) is 144 Å². The van der Waals surface area contributed by atoms with Gasteiger partial charge in [0, 0.05) is 34.1 Å². The number of hydrogen-bond acceptors (Lipinski definition) is 3. The topological polar surface area (TPSA) is 34.6 Å². The van der Waals surface area contributed by atoms with Crippen molar-refractivity contribution in [3.8, 4) is 6.07 Å². The molecule has 0 saturated heterocycles. The first-order valence-electron chi connectivity index (χ1n) is 20.1. The Bertz CT molecular complexity index is 2630. The van der Waals surface area contributed by atoms with Crippen LogP contribution in [0.5, 0.6) is 0 Å². The highest BCUT2D eigenvalue weighted by Gasteiger charge is 2.15. The van der Waals surface area contributed by atoms with Gasteiger partial charge in [0.1, 0.15) is 6.07 Å². The molecule has 0 saturated carbocycles. The number of nitriles is 1. The monoisotopic (exact) mass is 772 g/mol. The van der Waals surface area contributed by atoms with Crippen LogP contribution in [0.1, 0.15) is 50.1 Å². The molecule has 0 aliphatic heterocycles. The summed E-state index contributed by atoms with van der Waals surface area (Å²) in [5.41, 5.74) is 16.1. The second-order valence-electron chi connectivity index (χ2n) is 15.2. The molecule has 0 aliphatic rings. The van der Waals surface area contributed by atoms with Crippen molar-refractivity contribution in [2.45, 2.75) is 27.7 Å². The third kappa shape index (κ3) is 8.37. The number of fused-ring (bicyclic) bond motifs is 1. The Labute approximate surface area is 353 Å². The summed E-state index contributed by atoms with van der Waals surface area (Å²) in [7, 11) is 0. The number of nitrogens with zero attached hydrogens (tertiary/aromatic N) is 4. The first-order valence-corrected chi connectivity index (χ1v) is 20.1. The van der Waals surface area contributed by atoms with E-state index >= 15 is 0 Å². The Morgan fingerprint density at radius 2 is 0.717 bits per heavy atom. The highest BCUT2D eigenvalue weighted by atomic mass is 15.1. The van der Waals surface area contributed by atoms with Crippen LogP contribution in [0.25, 0.3) is 39.9 Å². The Hall–Kier alpha value is -7.92. The van der Waals surface area contributed by atoms with Gasteiger partial charge in [0.2, 0.25) is 5.69 Å². The molecular formula is C56H44N4. The summed E-state index contributed by atoms with van der Waals surface area (Å²) in [5, 5.41) is 11.9. The van der Waals surface area contributed by atoms with E-state index in [0.717, 1.165) is 67.2 Å². The Morgan fingerprint density at radius 3 is 1.07 bits per heavy atom. The Kier molecular flexibility index (Phi) is 11.2. The molecule has 288 valence electrons. The second kappa shape index (κ2) is 17.3. The molecular weight excluding hydrogens is 729 g/mol. The first kappa shape index (κ1) is 38.9. The van der Waals surface area contributed by atoms with Gasteiger partial charge in [-0.25, -0.2) is 4.85 Å². The summed E-state index contributed by atoms with van der Waals surface area (Å²) in [4.78, 5) is 8.47. The van der Waals surface area contributed by atoms with Crippen molar-refractivity contribution in [1.29, 1.82) is 5.26 Å². The largest absolute Gasteiger partial charge is 0.311 e. The minimum Gasteiger partial charge on any atom is -0.311 e. The zero-order chi connectivity index (χ0) is 41.6. The van der Waals surface area contributed by atoms with Crippen LogP contribution in [0.3, 0.4) is 0 Å². The molecule has 8 aromatic carbocycles. The normalized spacial score (nSPS) is 11.2. The molecule has 8 rings (SSSR count). The molecule has 0 heterocycles. The minimum absolute atomic E-state index is 0.527. The fraction of sp³-hybridized carbons (Fsp3) is 0.0714. The summed E-state index contributed by atoms with van der Waals surface area (Å²) in [6.07, 6.45) is 8.04.